The second-order valence-corrected chi connectivity index (χ2v) is 5.24. The standard InChI is InChI=1S/C16H18O3/c1-16(2)18-11-13(19-16)10-17-15-9-5-7-12-6-3-4-8-14(12)15/h3-9,13H,10-11H2,1-2H3. The lowest BCUT2D eigenvalue weighted by molar-refractivity contribution is -0.141. The molecule has 100 valence electrons. The third-order valence-electron chi connectivity index (χ3n) is 3.24. The molecule has 0 saturated carbocycles. The van der Waals surface area contributed by atoms with Gasteiger partial charge in [-0.1, -0.05) is 36.4 Å². The summed E-state index contributed by atoms with van der Waals surface area (Å²) in [5, 5.41) is 2.31. The molecule has 0 spiro atoms. The van der Waals surface area contributed by atoms with E-state index in [0.29, 0.717) is 13.2 Å². The highest BCUT2D eigenvalue weighted by atomic mass is 16.7. The maximum atomic E-state index is 5.89. The highest BCUT2D eigenvalue weighted by Gasteiger charge is 2.32. The summed E-state index contributed by atoms with van der Waals surface area (Å²) in [5.74, 6) is 0.402. The van der Waals surface area contributed by atoms with Gasteiger partial charge in [0, 0.05) is 5.39 Å². The zero-order valence-corrected chi connectivity index (χ0v) is 11.3. The smallest absolute Gasteiger partial charge is 0.163 e. The van der Waals surface area contributed by atoms with E-state index in [-0.39, 0.29) is 6.10 Å². The Morgan fingerprint density at radius 3 is 2.74 bits per heavy atom. The van der Waals surface area contributed by atoms with Gasteiger partial charge in [-0.05, 0) is 25.3 Å². The van der Waals surface area contributed by atoms with Crippen LogP contribution in [0.15, 0.2) is 42.5 Å². The highest BCUT2D eigenvalue weighted by molar-refractivity contribution is 5.88. The Bertz CT molecular complexity index is 572. The molecule has 3 heteroatoms. The summed E-state index contributed by atoms with van der Waals surface area (Å²) in [7, 11) is 0. The van der Waals surface area contributed by atoms with Crippen LogP contribution in [0, 0.1) is 0 Å². The molecule has 2 aromatic rings. The van der Waals surface area contributed by atoms with Crippen molar-refractivity contribution in [1.29, 1.82) is 0 Å². The van der Waals surface area contributed by atoms with E-state index in [4.69, 9.17) is 14.2 Å². The van der Waals surface area contributed by atoms with Crippen LogP contribution >= 0.6 is 0 Å². The van der Waals surface area contributed by atoms with Crippen molar-refractivity contribution in [2.24, 2.45) is 0 Å². The Kier molecular flexibility index (Phi) is 3.17. The van der Waals surface area contributed by atoms with Crippen LogP contribution in [-0.4, -0.2) is 25.1 Å². The van der Waals surface area contributed by atoms with Crippen LogP contribution in [0.3, 0.4) is 0 Å². The minimum absolute atomic E-state index is 0.00558. The van der Waals surface area contributed by atoms with E-state index in [1.54, 1.807) is 0 Å². The average Bonchev–Trinajstić information content (AvgIpc) is 2.76. The van der Waals surface area contributed by atoms with Crippen LogP contribution in [-0.2, 0) is 9.47 Å². The summed E-state index contributed by atoms with van der Waals surface area (Å²) in [6.07, 6.45) is -0.00558. The molecular formula is C16H18O3. The number of benzene rings is 2. The number of fused-ring (bicyclic) bond motifs is 1. The summed E-state index contributed by atoms with van der Waals surface area (Å²) in [4.78, 5) is 0. The zero-order chi connectivity index (χ0) is 13.3. The first-order valence-electron chi connectivity index (χ1n) is 6.56. The van der Waals surface area contributed by atoms with Gasteiger partial charge in [0.05, 0.1) is 6.61 Å². The predicted molar refractivity (Wildman–Crippen MR) is 74.3 cm³/mol. The first kappa shape index (κ1) is 12.5. The van der Waals surface area contributed by atoms with Gasteiger partial charge in [0.25, 0.3) is 0 Å². The fraction of sp³-hybridized carbons (Fsp3) is 0.375. The quantitative estimate of drug-likeness (QED) is 0.844. The monoisotopic (exact) mass is 258 g/mol. The third kappa shape index (κ3) is 2.72. The van der Waals surface area contributed by atoms with Crippen molar-refractivity contribution in [1.82, 2.24) is 0 Å². The zero-order valence-electron chi connectivity index (χ0n) is 11.3. The first-order valence-corrected chi connectivity index (χ1v) is 6.56. The molecule has 1 fully saturated rings. The van der Waals surface area contributed by atoms with E-state index < -0.39 is 5.79 Å². The van der Waals surface area contributed by atoms with E-state index in [0.717, 1.165) is 11.1 Å². The van der Waals surface area contributed by atoms with Crippen LogP contribution in [0.5, 0.6) is 5.75 Å². The van der Waals surface area contributed by atoms with Gasteiger partial charge in [-0.3, -0.25) is 0 Å². The maximum Gasteiger partial charge on any atom is 0.163 e. The molecule has 1 aliphatic rings. The molecular weight excluding hydrogens is 240 g/mol. The van der Waals surface area contributed by atoms with Gasteiger partial charge in [-0.25, -0.2) is 0 Å². The Morgan fingerprint density at radius 2 is 1.95 bits per heavy atom. The minimum atomic E-state index is -0.493. The van der Waals surface area contributed by atoms with Crippen LogP contribution in [0.2, 0.25) is 0 Å². The summed E-state index contributed by atoms with van der Waals surface area (Å²) in [6, 6.07) is 14.3. The molecule has 0 N–H and O–H groups in total. The molecule has 1 atom stereocenters. The van der Waals surface area contributed by atoms with Crippen LogP contribution < -0.4 is 4.74 Å². The number of ether oxygens (including phenoxy) is 3. The van der Waals surface area contributed by atoms with Crippen molar-refractivity contribution in [2.75, 3.05) is 13.2 Å². The molecule has 1 saturated heterocycles. The lowest BCUT2D eigenvalue weighted by Crippen LogP contribution is -2.25. The fourth-order valence-electron chi connectivity index (χ4n) is 2.35. The van der Waals surface area contributed by atoms with Crippen LogP contribution in [0.1, 0.15) is 13.8 Å². The fourth-order valence-corrected chi connectivity index (χ4v) is 2.35. The molecule has 1 unspecified atom stereocenters. The molecule has 1 heterocycles. The van der Waals surface area contributed by atoms with Gasteiger partial charge in [-0.15, -0.1) is 0 Å². The Morgan fingerprint density at radius 1 is 1.16 bits per heavy atom. The van der Waals surface area contributed by atoms with Gasteiger partial charge in [0.2, 0.25) is 0 Å². The van der Waals surface area contributed by atoms with Crippen molar-refractivity contribution in [3.8, 4) is 5.75 Å². The Labute approximate surface area is 113 Å². The Balaban J connectivity index is 1.72. The van der Waals surface area contributed by atoms with Crippen LogP contribution in [0.25, 0.3) is 10.8 Å². The second kappa shape index (κ2) is 4.83. The molecule has 3 nitrogen and oxygen atoms in total. The van der Waals surface area contributed by atoms with Gasteiger partial charge in [0.15, 0.2) is 5.79 Å². The SMILES string of the molecule is CC1(C)OCC(COc2cccc3ccccc23)O1. The number of rotatable bonds is 3. The van der Waals surface area contributed by atoms with E-state index in [9.17, 15) is 0 Å². The molecule has 0 radical (unpaired) electrons. The maximum absolute atomic E-state index is 5.89. The van der Waals surface area contributed by atoms with E-state index >= 15 is 0 Å². The topological polar surface area (TPSA) is 27.7 Å². The lowest BCUT2D eigenvalue weighted by atomic mass is 10.1. The number of hydrogen-bond acceptors (Lipinski definition) is 3. The molecule has 0 bridgehead atoms. The summed E-state index contributed by atoms with van der Waals surface area (Å²) >= 11 is 0. The van der Waals surface area contributed by atoms with E-state index in [1.165, 1.54) is 5.39 Å². The third-order valence-corrected chi connectivity index (χ3v) is 3.24. The molecule has 3 rings (SSSR count). The molecule has 1 aliphatic heterocycles. The summed E-state index contributed by atoms with van der Waals surface area (Å²) < 4.78 is 17.2. The van der Waals surface area contributed by atoms with Gasteiger partial charge in [-0.2, -0.15) is 0 Å². The molecule has 0 aromatic heterocycles. The molecule has 19 heavy (non-hydrogen) atoms. The molecule has 0 aliphatic carbocycles. The van der Waals surface area contributed by atoms with Gasteiger partial charge >= 0.3 is 0 Å². The summed E-state index contributed by atoms with van der Waals surface area (Å²) in [5.41, 5.74) is 0. The van der Waals surface area contributed by atoms with E-state index in [2.05, 4.69) is 18.2 Å². The van der Waals surface area contributed by atoms with Crippen LogP contribution in [0.4, 0.5) is 0 Å². The van der Waals surface area contributed by atoms with Crippen molar-refractivity contribution in [3.63, 3.8) is 0 Å². The number of hydrogen-bond donors (Lipinski definition) is 0. The van der Waals surface area contributed by atoms with Gasteiger partial charge < -0.3 is 14.2 Å². The average molecular weight is 258 g/mol. The second-order valence-electron chi connectivity index (χ2n) is 5.24. The first-order chi connectivity index (χ1) is 9.14. The van der Waals surface area contributed by atoms with Crippen molar-refractivity contribution >= 4 is 10.8 Å². The lowest BCUT2D eigenvalue weighted by Gasteiger charge is -2.17. The normalized spacial score (nSPS) is 21.7. The highest BCUT2D eigenvalue weighted by Crippen LogP contribution is 2.27. The van der Waals surface area contributed by atoms with Crippen molar-refractivity contribution < 1.29 is 14.2 Å². The minimum Gasteiger partial charge on any atom is -0.490 e. The summed E-state index contributed by atoms with van der Waals surface area (Å²) in [6.45, 7) is 4.94. The molecule has 0 amide bonds. The van der Waals surface area contributed by atoms with Gasteiger partial charge in [0.1, 0.15) is 18.5 Å². The van der Waals surface area contributed by atoms with E-state index in [1.807, 2.05) is 38.1 Å². The largest absolute Gasteiger partial charge is 0.490 e. The molecule has 2 aromatic carbocycles. The predicted octanol–water partition coefficient (Wildman–Crippen LogP) is 3.37. The van der Waals surface area contributed by atoms with Crippen molar-refractivity contribution in [3.05, 3.63) is 42.5 Å². The van der Waals surface area contributed by atoms with Crippen molar-refractivity contribution in [2.45, 2.75) is 25.7 Å². The Hall–Kier alpha value is -1.58.